The Kier molecular flexibility index (Phi) is 9.40. The molecular formula is C21H27F4N5O4S. The van der Waals surface area contributed by atoms with Gasteiger partial charge in [0.1, 0.15) is 17.2 Å². The number of primary amides is 1. The van der Waals surface area contributed by atoms with Crippen LogP contribution in [0.2, 0.25) is 0 Å². The molecule has 9 nitrogen and oxygen atoms in total. The second-order valence-corrected chi connectivity index (χ2v) is 9.43. The van der Waals surface area contributed by atoms with Gasteiger partial charge in [-0.1, -0.05) is 0 Å². The number of nitrogens with zero attached hydrogens (tertiary/aromatic N) is 1. The summed E-state index contributed by atoms with van der Waals surface area (Å²) in [5, 5.41) is 17.8. The van der Waals surface area contributed by atoms with E-state index in [-0.39, 0.29) is 23.5 Å². The molecule has 2 rings (SSSR count). The number of β-amino-alcohol motifs (C(OH)–C–C–N with tert-alkyl or cyclic N) is 1. The van der Waals surface area contributed by atoms with Crippen LogP contribution in [0.4, 0.5) is 27.4 Å². The van der Waals surface area contributed by atoms with Gasteiger partial charge < -0.3 is 26.2 Å². The topological polar surface area (TPSA) is 139 Å². The van der Waals surface area contributed by atoms with Crippen molar-refractivity contribution in [2.24, 2.45) is 5.73 Å². The number of carbonyl (C=O) groups is 2. The third kappa shape index (κ3) is 7.50. The van der Waals surface area contributed by atoms with E-state index in [1.807, 2.05) is 20.8 Å². The molecule has 0 saturated carbocycles. The van der Waals surface area contributed by atoms with E-state index in [1.165, 1.54) is 0 Å². The first-order valence-electron chi connectivity index (χ1n) is 10.4. The van der Waals surface area contributed by atoms with Crippen LogP contribution >= 0.6 is 11.5 Å². The zero-order valence-electron chi connectivity index (χ0n) is 19.5. The lowest BCUT2D eigenvalue weighted by Gasteiger charge is -2.22. The minimum Gasteiger partial charge on any atom is -0.471 e. The second-order valence-electron chi connectivity index (χ2n) is 8.66. The zero-order chi connectivity index (χ0) is 26.5. The van der Waals surface area contributed by atoms with Crippen LogP contribution < -0.4 is 26.4 Å². The van der Waals surface area contributed by atoms with Crippen LogP contribution in [0.25, 0.3) is 0 Å². The smallest absolute Gasteiger partial charge is 0.319 e. The van der Waals surface area contributed by atoms with E-state index < -0.39 is 70.5 Å². The van der Waals surface area contributed by atoms with Gasteiger partial charge in [-0.3, -0.25) is 10.1 Å². The van der Waals surface area contributed by atoms with Crippen molar-refractivity contribution < 1.29 is 37.0 Å². The minimum atomic E-state index is -1.64. The van der Waals surface area contributed by atoms with Gasteiger partial charge in [0.25, 0.3) is 5.91 Å². The highest BCUT2D eigenvalue weighted by atomic mass is 32.1. The summed E-state index contributed by atoms with van der Waals surface area (Å²) in [4.78, 5) is 24.0. The first-order chi connectivity index (χ1) is 16.2. The van der Waals surface area contributed by atoms with E-state index in [0.717, 1.165) is 6.92 Å². The highest BCUT2D eigenvalue weighted by Crippen LogP contribution is 2.32. The number of amides is 3. The Morgan fingerprint density at radius 1 is 1.14 bits per heavy atom. The Labute approximate surface area is 203 Å². The van der Waals surface area contributed by atoms with Crippen LogP contribution in [0.1, 0.15) is 48.7 Å². The zero-order valence-corrected chi connectivity index (χ0v) is 20.3. The van der Waals surface area contributed by atoms with Crippen molar-refractivity contribution in [3.8, 4) is 5.88 Å². The number of halogens is 4. The number of urea groups is 1. The normalized spacial score (nSPS) is 12.4. The fourth-order valence-electron chi connectivity index (χ4n) is 2.76. The Morgan fingerprint density at radius 2 is 1.74 bits per heavy atom. The van der Waals surface area contributed by atoms with Gasteiger partial charge in [0.2, 0.25) is 5.88 Å². The second kappa shape index (κ2) is 11.6. The standard InChI is InChI=1S/C21H27F4N5O4S/c1-9-13(22)15(24)11(16(25)14(9)23)8-34-18-12(17(26)32)19(35-30-18)29-20(33)27-6-5-10(31)7-28-21(2,3)4/h10,28,31H,5-8H2,1-4H3,(H2,26,32)(H2,27,29,33). The molecule has 14 heteroatoms. The quantitative estimate of drug-likeness (QED) is 0.241. The molecule has 0 aliphatic carbocycles. The van der Waals surface area contributed by atoms with E-state index in [2.05, 4.69) is 20.3 Å². The molecule has 1 unspecified atom stereocenters. The molecule has 194 valence electrons. The number of aromatic nitrogens is 1. The van der Waals surface area contributed by atoms with Crippen LogP contribution in [-0.4, -0.2) is 46.2 Å². The number of benzene rings is 1. The highest BCUT2D eigenvalue weighted by Gasteiger charge is 2.26. The number of aliphatic hydroxyl groups excluding tert-OH is 1. The van der Waals surface area contributed by atoms with Crippen molar-refractivity contribution in [2.45, 2.75) is 52.4 Å². The van der Waals surface area contributed by atoms with Crippen LogP contribution in [0.15, 0.2) is 0 Å². The molecule has 0 spiro atoms. The molecule has 0 radical (unpaired) electrons. The van der Waals surface area contributed by atoms with E-state index in [4.69, 9.17) is 10.5 Å². The molecule has 1 aromatic carbocycles. The minimum absolute atomic E-state index is 0.107. The van der Waals surface area contributed by atoms with Gasteiger partial charge in [-0.2, -0.15) is 4.37 Å². The molecular weight excluding hydrogens is 494 g/mol. The highest BCUT2D eigenvalue weighted by molar-refractivity contribution is 7.11. The number of aliphatic hydroxyl groups is 1. The monoisotopic (exact) mass is 521 g/mol. The lowest BCUT2D eigenvalue weighted by Crippen LogP contribution is -2.42. The summed E-state index contributed by atoms with van der Waals surface area (Å²) >= 11 is 0.593. The fraction of sp³-hybridized carbons (Fsp3) is 0.476. The van der Waals surface area contributed by atoms with Crippen molar-refractivity contribution in [3.63, 3.8) is 0 Å². The summed E-state index contributed by atoms with van der Waals surface area (Å²) in [5.41, 5.74) is 2.87. The van der Waals surface area contributed by atoms with Gasteiger partial charge in [0.05, 0.1) is 11.7 Å². The van der Waals surface area contributed by atoms with Crippen molar-refractivity contribution >= 4 is 28.5 Å². The number of nitrogens with one attached hydrogen (secondary N) is 3. The third-order valence-corrected chi connectivity index (χ3v) is 5.44. The lowest BCUT2D eigenvalue weighted by atomic mass is 10.1. The third-order valence-electron chi connectivity index (χ3n) is 4.69. The summed E-state index contributed by atoms with van der Waals surface area (Å²) < 4.78 is 64.5. The van der Waals surface area contributed by atoms with Gasteiger partial charge in [-0.25, -0.2) is 22.4 Å². The molecule has 0 aliphatic rings. The number of rotatable bonds is 10. The Balaban J connectivity index is 2.02. The Morgan fingerprint density at radius 3 is 2.29 bits per heavy atom. The molecule has 1 atom stereocenters. The van der Waals surface area contributed by atoms with Crippen LogP contribution in [0.3, 0.4) is 0 Å². The number of carbonyl (C=O) groups excluding carboxylic acids is 2. The first kappa shape index (κ1) is 28.3. The van der Waals surface area contributed by atoms with Gasteiger partial charge in [-0.15, -0.1) is 0 Å². The van der Waals surface area contributed by atoms with Crippen molar-refractivity contribution in [3.05, 3.63) is 40.0 Å². The van der Waals surface area contributed by atoms with Crippen LogP contribution in [-0.2, 0) is 6.61 Å². The summed E-state index contributed by atoms with van der Waals surface area (Å²) in [6.07, 6.45) is -0.465. The maximum Gasteiger partial charge on any atom is 0.319 e. The molecule has 0 saturated heterocycles. The summed E-state index contributed by atoms with van der Waals surface area (Å²) in [5.74, 6) is -8.00. The van der Waals surface area contributed by atoms with Crippen LogP contribution in [0.5, 0.6) is 5.88 Å². The summed E-state index contributed by atoms with van der Waals surface area (Å²) in [7, 11) is 0. The molecule has 35 heavy (non-hydrogen) atoms. The van der Waals surface area contributed by atoms with E-state index in [1.54, 1.807) is 0 Å². The number of anilines is 1. The summed E-state index contributed by atoms with van der Waals surface area (Å²) in [6, 6.07) is -0.738. The van der Waals surface area contributed by atoms with Crippen molar-refractivity contribution in [1.82, 2.24) is 15.0 Å². The van der Waals surface area contributed by atoms with Gasteiger partial charge in [0.15, 0.2) is 23.3 Å². The van der Waals surface area contributed by atoms with Crippen LogP contribution in [0, 0.1) is 30.2 Å². The largest absolute Gasteiger partial charge is 0.471 e. The number of nitrogens with two attached hydrogens (primary N) is 1. The molecule has 0 fully saturated rings. The average Bonchev–Trinajstić information content (AvgIpc) is 3.17. The molecule has 2 aromatic rings. The lowest BCUT2D eigenvalue weighted by molar-refractivity contribution is 0.0996. The number of hydrogen-bond acceptors (Lipinski definition) is 7. The Bertz CT molecular complexity index is 1060. The van der Waals surface area contributed by atoms with Crippen molar-refractivity contribution in [1.29, 1.82) is 0 Å². The van der Waals surface area contributed by atoms with E-state index >= 15 is 0 Å². The van der Waals surface area contributed by atoms with E-state index in [9.17, 15) is 32.3 Å². The molecule has 6 N–H and O–H groups in total. The summed E-state index contributed by atoms with van der Waals surface area (Å²) in [6.45, 7) is 6.14. The predicted molar refractivity (Wildman–Crippen MR) is 121 cm³/mol. The van der Waals surface area contributed by atoms with Crippen molar-refractivity contribution in [2.75, 3.05) is 18.4 Å². The van der Waals surface area contributed by atoms with E-state index in [0.29, 0.717) is 18.1 Å². The Hall–Kier alpha value is -2.97. The first-order valence-corrected chi connectivity index (χ1v) is 11.2. The molecule has 1 heterocycles. The average molecular weight is 522 g/mol. The van der Waals surface area contributed by atoms with Gasteiger partial charge in [0, 0.05) is 24.2 Å². The molecule has 3 amide bonds. The van der Waals surface area contributed by atoms with Gasteiger partial charge in [-0.05, 0) is 45.6 Å². The predicted octanol–water partition coefficient (Wildman–Crippen LogP) is 2.95. The molecule has 1 aromatic heterocycles. The maximum absolute atomic E-state index is 14.1. The molecule has 0 bridgehead atoms. The SMILES string of the molecule is Cc1c(F)c(F)c(COc2nsc(NC(=O)NCCC(O)CNC(C)(C)C)c2C(N)=O)c(F)c1F. The fourth-order valence-corrected chi connectivity index (χ4v) is 3.49. The van der Waals surface area contributed by atoms with Gasteiger partial charge >= 0.3 is 6.03 Å². The number of ether oxygens (including phenoxy) is 1. The molecule has 0 aliphatic heterocycles. The number of hydrogen-bond donors (Lipinski definition) is 5. The maximum atomic E-state index is 14.1.